The second-order valence-corrected chi connectivity index (χ2v) is 4.98. The van der Waals surface area contributed by atoms with Crippen molar-refractivity contribution < 1.29 is 0 Å². The zero-order chi connectivity index (χ0) is 12.5. The lowest BCUT2D eigenvalue weighted by Crippen LogP contribution is -2.30. The molecule has 0 saturated carbocycles. The summed E-state index contributed by atoms with van der Waals surface area (Å²) >= 11 is 1.53. The van der Waals surface area contributed by atoms with Crippen molar-refractivity contribution in [3.63, 3.8) is 0 Å². The summed E-state index contributed by atoms with van der Waals surface area (Å²) in [6.07, 6.45) is 3.05. The largest absolute Gasteiger partial charge is 0.391 e. The van der Waals surface area contributed by atoms with E-state index in [1.807, 2.05) is 19.2 Å². The van der Waals surface area contributed by atoms with Crippen LogP contribution >= 0.6 is 11.3 Å². The number of hydrogen-bond donors (Lipinski definition) is 3. The molecule has 4 N–H and O–H groups in total. The van der Waals surface area contributed by atoms with Gasteiger partial charge in [-0.05, 0) is 13.8 Å². The van der Waals surface area contributed by atoms with E-state index in [0.29, 0.717) is 5.82 Å². The molecule has 0 amide bonds. The van der Waals surface area contributed by atoms with E-state index in [1.165, 1.54) is 17.7 Å². The third kappa shape index (κ3) is 2.28. The molecule has 0 aliphatic rings. The lowest BCUT2D eigenvalue weighted by molar-refractivity contribution is 0.601. The fourth-order valence-corrected chi connectivity index (χ4v) is 2.11. The summed E-state index contributed by atoms with van der Waals surface area (Å²) < 4.78 is 0. The van der Waals surface area contributed by atoms with Crippen molar-refractivity contribution in [2.75, 3.05) is 11.1 Å². The van der Waals surface area contributed by atoms with E-state index in [2.05, 4.69) is 20.3 Å². The molecule has 2 aromatic heterocycles. The van der Waals surface area contributed by atoms with Gasteiger partial charge in [-0.1, -0.05) is 0 Å². The van der Waals surface area contributed by atoms with Gasteiger partial charge in [-0.2, -0.15) is 0 Å². The third-order valence-electron chi connectivity index (χ3n) is 2.29. The topological polar surface area (TPSA) is 96.7 Å². The first-order chi connectivity index (χ1) is 8.00. The summed E-state index contributed by atoms with van der Waals surface area (Å²) in [4.78, 5) is 22.0. The highest BCUT2D eigenvalue weighted by atomic mass is 32.1. The van der Waals surface area contributed by atoms with Crippen LogP contribution < -0.4 is 16.6 Å². The van der Waals surface area contributed by atoms with Gasteiger partial charge >= 0.3 is 0 Å². The number of hydrogen-bond acceptors (Lipinski definition) is 6. The van der Waals surface area contributed by atoms with Crippen LogP contribution in [-0.4, -0.2) is 15.0 Å². The number of aromatic amines is 1. The zero-order valence-electron chi connectivity index (χ0n) is 9.52. The summed E-state index contributed by atoms with van der Waals surface area (Å²) in [5.41, 5.74) is 4.96. The number of rotatable bonds is 3. The van der Waals surface area contributed by atoms with Gasteiger partial charge in [-0.15, -0.1) is 11.3 Å². The van der Waals surface area contributed by atoms with E-state index in [0.717, 1.165) is 5.01 Å². The van der Waals surface area contributed by atoms with Crippen LogP contribution in [0.4, 0.5) is 11.5 Å². The van der Waals surface area contributed by atoms with Crippen molar-refractivity contribution in [1.82, 2.24) is 15.0 Å². The lowest BCUT2D eigenvalue weighted by atomic mass is 10.1. The van der Waals surface area contributed by atoms with Crippen molar-refractivity contribution in [3.05, 3.63) is 33.3 Å². The second kappa shape index (κ2) is 4.17. The molecule has 0 spiro atoms. The van der Waals surface area contributed by atoms with Gasteiger partial charge in [0.15, 0.2) is 5.82 Å². The first-order valence-corrected chi connectivity index (χ1v) is 5.90. The van der Waals surface area contributed by atoms with Crippen LogP contribution in [0.25, 0.3) is 0 Å². The molecule has 0 aliphatic heterocycles. The molecule has 7 heteroatoms. The number of aromatic nitrogens is 3. The van der Waals surface area contributed by atoms with Gasteiger partial charge in [0, 0.05) is 11.6 Å². The normalized spacial score (nSPS) is 11.4. The Bertz CT molecular complexity index is 560. The van der Waals surface area contributed by atoms with E-state index < -0.39 is 5.54 Å². The van der Waals surface area contributed by atoms with E-state index in [4.69, 9.17) is 5.73 Å². The predicted octanol–water partition coefficient (Wildman–Crippen LogP) is 1.16. The minimum atomic E-state index is -0.428. The maximum absolute atomic E-state index is 11.3. The number of H-pyrrole nitrogens is 1. The molecule has 90 valence electrons. The maximum Gasteiger partial charge on any atom is 0.276 e. The fourth-order valence-electron chi connectivity index (χ4n) is 1.39. The molecule has 0 atom stereocenters. The van der Waals surface area contributed by atoms with Crippen molar-refractivity contribution in [1.29, 1.82) is 0 Å². The van der Waals surface area contributed by atoms with Crippen LogP contribution in [0, 0.1) is 0 Å². The first-order valence-electron chi connectivity index (χ1n) is 5.02. The summed E-state index contributed by atoms with van der Waals surface area (Å²) in [5.74, 6) is 0.369. The molecule has 0 fully saturated rings. The van der Waals surface area contributed by atoms with Gasteiger partial charge in [0.1, 0.15) is 10.7 Å². The van der Waals surface area contributed by atoms with E-state index >= 15 is 0 Å². The van der Waals surface area contributed by atoms with Crippen molar-refractivity contribution >= 4 is 22.8 Å². The Balaban J connectivity index is 2.33. The molecule has 0 unspecified atom stereocenters. The van der Waals surface area contributed by atoms with Gasteiger partial charge in [-0.3, -0.25) is 4.79 Å². The Morgan fingerprint density at radius 2 is 2.24 bits per heavy atom. The first kappa shape index (κ1) is 11.6. The van der Waals surface area contributed by atoms with Crippen molar-refractivity contribution in [2.45, 2.75) is 19.4 Å². The Morgan fingerprint density at radius 3 is 2.88 bits per heavy atom. The number of nitrogens with zero attached hydrogens (tertiary/aromatic N) is 2. The second-order valence-electron chi connectivity index (χ2n) is 4.08. The van der Waals surface area contributed by atoms with Gasteiger partial charge < -0.3 is 16.0 Å². The van der Waals surface area contributed by atoms with Crippen LogP contribution in [0.1, 0.15) is 18.9 Å². The molecular formula is C10H13N5OS. The molecule has 2 rings (SSSR count). The number of thiazole rings is 1. The highest BCUT2D eigenvalue weighted by molar-refractivity contribution is 7.09. The van der Waals surface area contributed by atoms with Crippen LogP contribution in [-0.2, 0) is 5.54 Å². The van der Waals surface area contributed by atoms with Crippen LogP contribution in [0.15, 0.2) is 22.7 Å². The molecule has 2 heterocycles. The number of nitrogens with two attached hydrogens (primary N) is 1. The van der Waals surface area contributed by atoms with Gasteiger partial charge in [-0.25, -0.2) is 9.97 Å². The molecule has 2 aromatic rings. The van der Waals surface area contributed by atoms with Crippen LogP contribution in [0.5, 0.6) is 0 Å². The maximum atomic E-state index is 11.3. The van der Waals surface area contributed by atoms with E-state index in [9.17, 15) is 4.79 Å². The smallest absolute Gasteiger partial charge is 0.276 e. The zero-order valence-corrected chi connectivity index (χ0v) is 10.3. The minimum Gasteiger partial charge on any atom is -0.391 e. The quantitative estimate of drug-likeness (QED) is 0.760. The van der Waals surface area contributed by atoms with Gasteiger partial charge in [0.2, 0.25) is 0 Å². The van der Waals surface area contributed by atoms with Gasteiger partial charge in [0.25, 0.3) is 5.56 Å². The van der Waals surface area contributed by atoms with Crippen LogP contribution in [0.3, 0.4) is 0 Å². The van der Waals surface area contributed by atoms with Crippen molar-refractivity contribution in [2.24, 2.45) is 0 Å². The SMILES string of the molecule is CC(C)(Nc1nc[nH]c(=O)c1N)c1nccs1. The third-order valence-corrected chi connectivity index (χ3v) is 3.38. The molecule has 17 heavy (non-hydrogen) atoms. The van der Waals surface area contributed by atoms with Crippen LogP contribution in [0.2, 0.25) is 0 Å². The minimum absolute atomic E-state index is 0.0807. The predicted molar refractivity (Wildman–Crippen MR) is 68.0 cm³/mol. The number of nitrogens with one attached hydrogen (secondary N) is 2. The monoisotopic (exact) mass is 251 g/mol. The molecular weight excluding hydrogens is 238 g/mol. The molecule has 0 saturated heterocycles. The van der Waals surface area contributed by atoms with E-state index in [1.54, 1.807) is 6.20 Å². The number of nitrogen functional groups attached to an aromatic ring is 1. The van der Waals surface area contributed by atoms with Crippen molar-refractivity contribution in [3.8, 4) is 0 Å². The average Bonchev–Trinajstić information content (AvgIpc) is 2.78. The molecule has 0 aromatic carbocycles. The lowest BCUT2D eigenvalue weighted by Gasteiger charge is -2.24. The number of anilines is 2. The molecule has 0 radical (unpaired) electrons. The summed E-state index contributed by atoms with van der Waals surface area (Å²) in [5, 5.41) is 5.92. The Morgan fingerprint density at radius 1 is 1.47 bits per heavy atom. The van der Waals surface area contributed by atoms with E-state index in [-0.39, 0.29) is 11.2 Å². The molecule has 0 bridgehead atoms. The Kier molecular flexibility index (Phi) is 2.84. The Hall–Kier alpha value is -1.89. The standard InChI is InChI=1S/C10H13N5OS/c1-10(2,9-12-3-4-17-9)15-7-6(11)8(16)14-5-13-7/h3-5H,11H2,1-2H3,(H2,13,14,15,16). The summed E-state index contributed by atoms with van der Waals surface area (Å²) in [6, 6.07) is 0. The highest BCUT2D eigenvalue weighted by Gasteiger charge is 2.24. The fraction of sp³-hybridized carbons (Fsp3) is 0.300. The summed E-state index contributed by atoms with van der Waals surface area (Å²) in [7, 11) is 0. The Labute approximate surface area is 102 Å². The highest BCUT2D eigenvalue weighted by Crippen LogP contribution is 2.27. The van der Waals surface area contributed by atoms with Gasteiger partial charge in [0.05, 0.1) is 11.9 Å². The molecule has 0 aliphatic carbocycles. The molecule has 6 nitrogen and oxygen atoms in total. The summed E-state index contributed by atoms with van der Waals surface area (Å²) in [6.45, 7) is 3.91. The average molecular weight is 251 g/mol.